The summed E-state index contributed by atoms with van der Waals surface area (Å²) in [5.74, 6) is 0.640. The van der Waals surface area contributed by atoms with Crippen LogP contribution >= 0.6 is 12.4 Å². The number of piperidine rings is 1. The summed E-state index contributed by atoms with van der Waals surface area (Å²) in [7, 11) is -3.38. The molecule has 2 aliphatic heterocycles. The number of ether oxygens (including phenoxy) is 1. The fourth-order valence-electron chi connectivity index (χ4n) is 5.64. The van der Waals surface area contributed by atoms with Crippen LogP contribution in [0, 0.1) is 11.3 Å². The number of aliphatic hydroxyl groups is 1. The van der Waals surface area contributed by atoms with Gasteiger partial charge in [-0.2, -0.15) is 5.26 Å². The van der Waals surface area contributed by atoms with Crippen molar-refractivity contribution in [2.75, 3.05) is 24.1 Å². The van der Waals surface area contributed by atoms with Crippen LogP contribution < -0.4 is 9.46 Å². The van der Waals surface area contributed by atoms with Gasteiger partial charge in [-0.1, -0.05) is 6.07 Å². The second-order valence-corrected chi connectivity index (χ2v) is 11.4. The molecule has 2 N–H and O–H groups in total. The SMILES string of the molecule is CS(=O)(=O)Nc1ccc2c(c1)[C@H](O)CC1(CCN([C@@H]3CCc4cc(C#N)ccc4C3)CC1)O2.Cl. The normalized spacial score (nSPS) is 23.6. The largest absolute Gasteiger partial charge is 0.487 e. The molecule has 0 saturated carbocycles. The Balaban J connectivity index is 0.00000274. The Hall–Kier alpha value is -2.31. The third-order valence-electron chi connectivity index (χ3n) is 7.33. The lowest BCUT2D eigenvalue weighted by Gasteiger charge is -2.48. The van der Waals surface area contributed by atoms with E-state index in [1.807, 2.05) is 12.1 Å². The average molecular weight is 504 g/mol. The monoisotopic (exact) mass is 503 g/mol. The molecule has 0 radical (unpaired) electrons. The molecule has 34 heavy (non-hydrogen) atoms. The van der Waals surface area contributed by atoms with Gasteiger partial charge in [0, 0.05) is 36.8 Å². The lowest BCUT2D eigenvalue weighted by molar-refractivity contribution is -0.0608. The zero-order valence-corrected chi connectivity index (χ0v) is 20.8. The number of fused-ring (bicyclic) bond motifs is 2. The van der Waals surface area contributed by atoms with Crippen LogP contribution in [-0.4, -0.2) is 49.4 Å². The molecule has 2 heterocycles. The number of nitrogens with one attached hydrogen (secondary N) is 1. The molecule has 0 aromatic heterocycles. The molecule has 2 atom stereocenters. The van der Waals surface area contributed by atoms with Crippen LogP contribution in [0.15, 0.2) is 36.4 Å². The molecular weight excluding hydrogens is 474 g/mol. The number of rotatable bonds is 3. The molecule has 9 heteroatoms. The van der Waals surface area contributed by atoms with Crippen molar-refractivity contribution in [2.45, 2.75) is 56.3 Å². The van der Waals surface area contributed by atoms with E-state index < -0.39 is 16.1 Å². The number of hydrogen-bond acceptors (Lipinski definition) is 6. The third kappa shape index (κ3) is 5.03. The highest BCUT2D eigenvalue weighted by atomic mass is 35.5. The fraction of sp³-hybridized carbons (Fsp3) is 0.480. The third-order valence-corrected chi connectivity index (χ3v) is 7.93. The first-order chi connectivity index (χ1) is 15.7. The fourth-order valence-corrected chi connectivity index (χ4v) is 6.19. The molecule has 182 valence electrons. The molecule has 1 fully saturated rings. The van der Waals surface area contributed by atoms with Gasteiger partial charge < -0.3 is 9.84 Å². The molecule has 1 aliphatic carbocycles. The Labute approximate surface area is 207 Å². The Bertz CT molecular complexity index is 1220. The van der Waals surface area contributed by atoms with Gasteiger partial charge in [-0.25, -0.2) is 8.42 Å². The Morgan fingerprint density at radius 3 is 2.65 bits per heavy atom. The van der Waals surface area contributed by atoms with Gasteiger partial charge in [-0.15, -0.1) is 12.4 Å². The highest BCUT2D eigenvalue weighted by Gasteiger charge is 2.44. The number of anilines is 1. The summed E-state index contributed by atoms with van der Waals surface area (Å²) in [5.41, 5.74) is 4.07. The van der Waals surface area contributed by atoms with Crippen molar-refractivity contribution in [2.24, 2.45) is 0 Å². The van der Waals surface area contributed by atoms with Gasteiger partial charge >= 0.3 is 0 Å². The van der Waals surface area contributed by atoms with E-state index in [-0.39, 0.29) is 18.0 Å². The number of nitrogens with zero attached hydrogens (tertiary/aromatic N) is 2. The predicted molar refractivity (Wildman–Crippen MR) is 133 cm³/mol. The molecule has 1 saturated heterocycles. The summed E-state index contributed by atoms with van der Waals surface area (Å²) in [6, 6.07) is 13.9. The van der Waals surface area contributed by atoms with Gasteiger partial charge in [0.25, 0.3) is 0 Å². The maximum atomic E-state index is 11.5. The van der Waals surface area contributed by atoms with Crippen LogP contribution in [0.5, 0.6) is 5.75 Å². The smallest absolute Gasteiger partial charge is 0.229 e. The molecule has 0 unspecified atom stereocenters. The lowest BCUT2D eigenvalue weighted by Crippen LogP contribution is -2.53. The highest BCUT2D eigenvalue weighted by molar-refractivity contribution is 7.92. The van der Waals surface area contributed by atoms with Crippen molar-refractivity contribution in [1.82, 2.24) is 4.90 Å². The van der Waals surface area contributed by atoms with E-state index in [1.165, 1.54) is 11.1 Å². The van der Waals surface area contributed by atoms with E-state index in [9.17, 15) is 13.5 Å². The first-order valence-electron chi connectivity index (χ1n) is 11.5. The molecule has 5 rings (SSSR count). The van der Waals surface area contributed by atoms with E-state index in [0.717, 1.165) is 57.0 Å². The van der Waals surface area contributed by atoms with Crippen LogP contribution in [0.2, 0.25) is 0 Å². The second kappa shape index (κ2) is 9.38. The maximum absolute atomic E-state index is 11.5. The number of halogens is 1. The summed E-state index contributed by atoms with van der Waals surface area (Å²) in [6.45, 7) is 1.85. The topological polar surface area (TPSA) is 103 Å². The zero-order chi connectivity index (χ0) is 23.2. The molecular formula is C25H30ClN3O4S. The Morgan fingerprint density at radius 2 is 1.94 bits per heavy atom. The van der Waals surface area contributed by atoms with E-state index in [1.54, 1.807) is 18.2 Å². The summed E-state index contributed by atoms with van der Waals surface area (Å²) in [5, 5.41) is 20.0. The quantitative estimate of drug-likeness (QED) is 0.664. The van der Waals surface area contributed by atoms with E-state index in [4.69, 9.17) is 10.00 Å². The van der Waals surface area contributed by atoms with Crippen molar-refractivity contribution in [3.8, 4) is 11.8 Å². The average Bonchev–Trinajstić information content (AvgIpc) is 2.78. The van der Waals surface area contributed by atoms with E-state index in [2.05, 4.69) is 21.8 Å². The van der Waals surface area contributed by atoms with Crippen molar-refractivity contribution >= 4 is 28.1 Å². The van der Waals surface area contributed by atoms with Crippen LogP contribution in [0.4, 0.5) is 5.69 Å². The number of benzene rings is 2. The van der Waals surface area contributed by atoms with Gasteiger partial charge in [-0.3, -0.25) is 9.62 Å². The van der Waals surface area contributed by atoms with Gasteiger partial charge in [0.15, 0.2) is 0 Å². The van der Waals surface area contributed by atoms with Crippen molar-refractivity contribution in [3.63, 3.8) is 0 Å². The molecule has 2 aromatic rings. The Morgan fingerprint density at radius 1 is 1.18 bits per heavy atom. The van der Waals surface area contributed by atoms with Gasteiger partial charge in [0.1, 0.15) is 11.4 Å². The number of likely N-dealkylation sites (tertiary alicyclic amines) is 1. The summed E-state index contributed by atoms with van der Waals surface area (Å²) >= 11 is 0. The van der Waals surface area contributed by atoms with Gasteiger partial charge in [0.2, 0.25) is 10.0 Å². The standard InChI is InChI=1S/C25H29N3O4S.ClH/c1-33(30,31)27-20-5-7-24-22(14-20)23(29)15-25(32-24)8-10-28(11-9-25)21-6-4-18-12-17(16-26)2-3-19(18)13-21;/h2-3,5,7,12,14,21,23,27,29H,4,6,8-11,13,15H2,1H3;1H/t21-,23-;/m1./s1. The lowest BCUT2D eigenvalue weighted by atomic mass is 9.80. The maximum Gasteiger partial charge on any atom is 0.229 e. The number of aliphatic hydroxyl groups excluding tert-OH is 1. The van der Waals surface area contributed by atoms with Crippen molar-refractivity contribution < 1.29 is 18.3 Å². The van der Waals surface area contributed by atoms with Crippen LogP contribution in [0.3, 0.4) is 0 Å². The summed E-state index contributed by atoms with van der Waals surface area (Å²) in [6.07, 6.45) is 5.75. The van der Waals surface area contributed by atoms with Crippen LogP contribution in [0.1, 0.15) is 54.0 Å². The number of sulfonamides is 1. The molecule has 0 bridgehead atoms. The van der Waals surface area contributed by atoms with Crippen molar-refractivity contribution in [1.29, 1.82) is 5.26 Å². The molecule has 7 nitrogen and oxygen atoms in total. The predicted octanol–water partition coefficient (Wildman–Crippen LogP) is 3.56. The minimum absolute atomic E-state index is 0. The highest BCUT2D eigenvalue weighted by Crippen LogP contribution is 2.45. The van der Waals surface area contributed by atoms with Gasteiger partial charge in [-0.05, 0) is 73.6 Å². The van der Waals surface area contributed by atoms with Crippen LogP contribution in [-0.2, 0) is 22.9 Å². The zero-order valence-electron chi connectivity index (χ0n) is 19.2. The van der Waals surface area contributed by atoms with E-state index in [0.29, 0.717) is 29.5 Å². The minimum atomic E-state index is -3.38. The summed E-state index contributed by atoms with van der Waals surface area (Å²) < 4.78 is 32.0. The first kappa shape index (κ1) is 24.8. The van der Waals surface area contributed by atoms with Crippen LogP contribution in [0.25, 0.3) is 0 Å². The number of nitriles is 1. The van der Waals surface area contributed by atoms with Gasteiger partial charge in [0.05, 0.1) is 24.0 Å². The van der Waals surface area contributed by atoms with Crippen molar-refractivity contribution in [3.05, 3.63) is 58.7 Å². The second-order valence-electron chi connectivity index (χ2n) is 9.66. The minimum Gasteiger partial charge on any atom is -0.487 e. The Kier molecular flexibility index (Phi) is 6.85. The van der Waals surface area contributed by atoms with E-state index >= 15 is 0 Å². The summed E-state index contributed by atoms with van der Waals surface area (Å²) in [4.78, 5) is 2.55. The number of aryl methyl sites for hydroxylation is 1. The molecule has 1 spiro atoms. The first-order valence-corrected chi connectivity index (χ1v) is 13.4. The molecule has 2 aromatic carbocycles. The number of hydrogen-bond donors (Lipinski definition) is 2. The molecule has 3 aliphatic rings. The molecule has 0 amide bonds.